The molecule has 0 saturated heterocycles. The Kier molecular flexibility index (Phi) is 9.71. The molecule has 0 amide bonds. The van der Waals surface area contributed by atoms with Crippen molar-refractivity contribution in [3.05, 3.63) is 279 Å². The van der Waals surface area contributed by atoms with Crippen LogP contribution in [0.3, 0.4) is 0 Å². The molecule has 0 aliphatic heterocycles. The van der Waals surface area contributed by atoms with E-state index in [2.05, 4.69) is 273 Å². The summed E-state index contributed by atoms with van der Waals surface area (Å²) in [5.41, 5.74) is 16.4. The average molecular weight is 975 g/mol. The van der Waals surface area contributed by atoms with Gasteiger partial charge in [0.1, 0.15) is 11.2 Å². The van der Waals surface area contributed by atoms with Gasteiger partial charge >= 0.3 is 0 Å². The van der Waals surface area contributed by atoms with Gasteiger partial charge in [-0.25, -0.2) is 0 Å². The van der Waals surface area contributed by atoms with Gasteiger partial charge in [0.2, 0.25) is 0 Å². The predicted octanol–water partition coefficient (Wildman–Crippen LogP) is 21.7. The summed E-state index contributed by atoms with van der Waals surface area (Å²) in [7, 11) is 0. The molecular weight excluding hydrogens is 929 g/mol. The first-order valence-corrected chi connectivity index (χ1v) is 26.6. The van der Waals surface area contributed by atoms with Crippen LogP contribution in [0.4, 0.5) is 0 Å². The maximum Gasteiger partial charge on any atom is 0.143 e. The normalized spacial score (nSPS) is 11.9. The van der Waals surface area contributed by atoms with Gasteiger partial charge < -0.3 is 4.42 Å². The molecule has 0 unspecified atom stereocenters. The van der Waals surface area contributed by atoms with Gasteiger partial charge in [-0.3, -0.25) is 0 Å². The van der Waals surface area contributed by atoms with Crippen LogP contribution in [0.5, 0.6) is 0 Å². The van der Waals surface area contributed by atoms with Gasteiger partial charge in [-0.1, -0.05) is 249 Å². The second-order valence-corrected chi connectivity index (χ2v) is 20.6. The quantitative estimate of drug-likeness (QED) is 0.151. The zero-order valence-corrected chi connectivity index (χ0v) is 42.0. The lowest BCUT2D eigenvalue weighted by Crippen LogP contribution is -1.91. The molecule has 0 bridgehead atoms. The van der Waals surface area contributed by atoms with Gasteiger partial charge in [-0.15, -0.1) is 0 Å². The Morgan fingerprint density at radius 3 is 1.09 bits per heavy atom. The van der Waals surface area contributed by atoms with E-state index in [1.807, 2.05) is 6.07 Å². The van der Waals surface area contributed by atoms with Crippen molar-refractivity contribution in [3.63, 3.8) is 0 Å². The fourth-order valence-corrected chi connectivity index (χ4v) is 12.9. The minimum Gasteiger partial charge on any atom is -0.455 e. The number of fused-ring (bicyclic) bond motifs is 10. The lowest BCUT2D eigenvalue weighted by atomic mass is 9.84. The monoisotopic (exact) mass is 974 g/mol. The fourth-order valence-electron chi connectivity index (χ4n) is 12.9. The Bertz CT molecular complexity index is 4970. The van der Waals surface area contributed by atoms with Crippen molar-refractivity contribution >= 4 is 97.3 Å². The minimum absolute atomic E-state index is 0.907. The zero-order valence-electron chi connectivity index (χ0n) is 42.0. The lowest BCUT2D eigenvalue weighted by Gasteiger charge is -2.19. The van der Waals surface area contributed by atoms with E-state index in [1.54, 1.807) is 0 Å². The van der Waals surface area contributed by atoms with E-state index in [-0.39, 0.29) is 0 Å². The molecule has 0 N–H and O–H groups in total. The van der Waals surface area contributed by atoms with Gasteiger partial charge in [0.05, 0.1) is 0 Å². The summed E-state index contributed by atoms with van der Waals surface area (Å²) in [6.07, 6.45) is 0. The van der Waals surface area contributed by atoms with Gasteiger partial charge in [0, 0.05) is 21.9 Å². The Hall–Kier alpha value is -10.1. The van der Waals surface area contributed by atoms with Crippen molar-refractivity contribution in [3.8, 4) is 66.8 Å². The summed E-state index contributed by atoms with van der Waals surface area (Å²) >= 11 is 0. The molecule has 0 aliphatic rings. The molecule has 0 radical (unpaired) electrons. The number of rotatable bonds is 6. The van der Waals surface area contributed by atoms with Crippen LogP contribution >= 0.6 is 0 Å². The van der Waals surface area contributed by atoms with Crippen LogP contribution in [0.1, 0.15) is 0 Å². The largest absolute Gasteiger partial charge is 0.455 e. The standard InChI is InChI=1S/C76H46O/c1-2-17-58-50(15-1)16-13-27-60(58)74-65-23-7-3-19-61(65)72(62-20-4-8-24-66(62)74)51-37-31-47(32-38-51)52-39-33-48-34-40-53(44-56(48)43-52)54-41-35-49-36-42-55(46-57(49)45-54)73-63-21-5-9-25-67(63)75(68-26-10-6-22-64(68)73)70-29-14-28-69-59-18-11-12-30-71(59)77-76(69)70/h1-46H. The first-order valence-electron chi connectivity index (χ1n) is 26.6. The maximum atomic E-state index is 6.66. The van der Waals surface area contributed by atoms with Crippen LogP contribution in [0.25, 0.3) is 164 Å². The Morgan fingerprint density at radius 1 is 0.182 bits per heavy atom. The van der Waals surface area contributed by atoms with Crippen molar-refractivity contribution in [2.24, 2.45) is 0 Å². The first kappa shape index (κ1) is 43.3. The Balaban J connectivity index is 0.764. The molecular formula is C76H46O. The van der Waals surface area contributed by atoms with Crippen LogP contribution in [0.2, 0.25) is 0 Å². The molecule has 16 aromatic rings. The van der Waals surface area contributed by atoms with Crippen molar-refractivity contribution in [2.45, 2.75) is 0 Å². The number of hydrogen-bond donors (Lipinski definition) is 0. The SMILES string of the molecule is c1ccc2c(-c3c4ccccc4c(-c4ccc(-c5ccc6ccc(-c7ccc8ccc(-c9c%10ccccc%10c(-c%10cccc%11c%10oc%10ccccc%10%11)c%10ccccc9%10)cc8c7)cc6c5)cc4)c4ccccc34)cccc2c1. The van der Waals surface area contributed by atoms with Crippen LogP contribution < -0.4 is 0 Å². The fraction of sp³-hybridized carbons (Fsp3) is 0. The summed E-state index contributed by atoms with van der Waals surface area (Å²) in [4.78, 5) is 0. The third-order valence-electron chi connectivity index (χ3n) is 16.4. The van der Waals surface area contributed by atoms with Crippen molar-refractivity contribution < 1.29 is 4.42 Å². The molecule has 0 saturated carbocycles. The topological polar surface area (TPSA) is 13.1 Å². The highest BCUT2D eigenvalue weighted by Gasteiger charge is 2.22. The summed E-state index contributed by atoms with van der Waals surface area (Å²) < 4.78 is 6.66. The van der Waals surface area contributed by atoms with E-state index >= 15 is 0 Å². The molecule has 1 heteroatoms. The molecule has 0 aliphatic carbocycles. The molecule has 0 atom stereocenters. The average Bonchev–Trinajstić information content (AvgIpc) is 3.96. The second-order valence-electron chi connectivity index (χ2n) is 20.6. The zero-order chi connectivity index (χ0) is 50.6. The Morgan fingerprint density at radius 2 is 0.532 bits per heavy atom. The Labute approximate surface area is 445 Å². The third-order valence-corrected chi connectivity index (χ3v) is 16.4. The number of para-hydroxylation sites is 2. The van der Waals surface area contributed by atoms with Crippen LogP contribution in [-0.4, -0.2) is 0 Å². The highest BCUT2D eigenvalue weighted by molar-refractivity contribution is 6.26. The summed E-state index contributed by atoms with van der Waals surface area (Å²) in [6, 6.07) is 103. The predicted molar refractivity (Wildman–Crippen MR) is 329 cm³/mol. The van der Waals surface area contributed by atoms with Crippen molar-refractivity contribution in [1.82, 2.24) is 0 Å². The molecule has 356 valence electrons. The molecule has 16 rings (SSSR count). The highest BCUT2D eigenvalue weighted by Crippen LogP contribution is 2.48. The van der Waals surface area contributed by atoms with E-state index in [1.165, 1.54) is 137 Å². The van der Waals surface area contributed by atoms with E-state index in [9.17, 15) is 0 Å². The van der Waals surface area contributed by atoms with Crippen molar-refractivity contribution in [2.75, 3.05) is 0 Å². The van der Waals surface area contributed by atoms with E-state index in [0.717, 1.165) is 27.5 Å². The summed E-state index contributed by atoms with van der Waals surface area (Å²) in [5, 5.41) is 19.6. The number of hydrogen-bond acceptors (Lipinski definition) is 1. The molecule has 1 aromatic heterocycles. The molecule has 1 heterocycles. The lowest BCUT2D eigenvalue weighted by molar-refractivity contribution is 0.670. The van der Waals surface area contributed by atoms with Gasteiger partial charge in [0.25, 0.3) is 0 Å². The molecule has 1 nitrogen and oxygen atoms in total. The maximum absolute atomic E-state index is 6.66. The second kappa shape index (κ2) is 17.2. The van der Waals surface area contributed by atoms with Crippen LogP contribution in [0.15, 0.2) is 283 Å². The van der Waals surface area contributed by atoms with E-state index in [4.69, 9.17) is 4.42 Å². The summed E-state index contributed by atoms with van der Waals surface area (Å²) in [6.45, 7) is 0. The molecule has 77 heavy (non-hydrogen) atoms. The molecule has 15 aromatic carbocycles. The van der Waals surface area contributed by atoms with Crippen LogP contribution in [0, 0.1) is 0 Å². The highest BCUT2D eigenvalue weighted by atomic mass is 16.3. The van der Waals surface area contributed by atoms with E-state index in [0.29, 0.717) is 0 Å². The third kappa shape index (κ3) is 6.88. The van der Waals surface area contributed by atoms with Crippen LogP contribution in [-0.2, 0) is 0 Å². The number of furan rings is 1. The number of benzene rings is 15. The van der Waals surface area contributed by atoms with Crippen molar-refractivity contribution in [1.29, 1.82) is 0 Å². The summed E-state index contributed by atoms with van der Waals surface area (Å²) in [5.74, 6) is 0. The van der Waals surface area contributed by atoms with Gasteiger partial charge in [0.15, 0.2) is 0 Å². The van der Waals surface area contributed by atoms with E-state index < -0.39 is 0 Å². The van der Waals surface area contributed by atoms with Gasteiger partial charge in [-0.2, -0.15) is 0 Å². The molecule has 0 spiro atoms. The minimum atomic E-state index is 0.907. The van der Waals surface area contributed by atoms with Gasteiger partial charge in [-0.05, 0) is 161 Å². The first-order chi connectivity index (χ1) is 38.2. The smallest absolute Gasteiger partial charge is 0.143 e. The molecule has 0 fully saturated rings.